The number of rotatable bonds is 10. The number of hydrogen-bond acceptors (Lipinski definition) is 5. The van der Waals surface area contributed by atoms with Crippen LogP contribution < -0.4 is 14.8 Å². The lowest BCUT2D eigenvalue weighted by molar-refractivity contribution is -0.275. The van der Waals surface area contributed by atoms with Crippen LogP contribution in [0.1, 0.15) is 36.5 Å². The molecule has 1 aliphatic heterocycles. The van der Waals surface area contributed by atoms with E-state index in [1.807, 2.05) is 0 Å². The van der Waals surface area contributed by atoms with Crippen LogP contribution in [0.15, 0.2) is 78.9 Å². The summed E-state index contributed by atoms with van der Waals surface area (Å²) < 4.78 is 92.6. The fourth-order valence-electron chi connectivity index (χ4n) is 5.48. The van der Waals surface area contributed by atoms with E-state index in [9.17, 15) is 35.9 Å². The molecule has 0 bridgehead atoms. The summed E-state index contributed by atoms with van der Waals surface area (Å²) >= 11 is 0. The lowest BCUT2D eigenvalue weighted by Crippen LogP contribution is -2.50. The maximum atomic E-state index is 13.4. The highest BCUT2D eigenvalue weighted by Gasteiger charge is 2.39. The molecule has 13 heteroatoms. The van der Waals surface area contributed by atoms with E-state index in [0.29, 0.717) is 18.4 Å². The molecule has 4 rings (SSSR count). The van der Waals surface area contributed by atoms with Crippen LogP contribution in [0.3, 0.4) is 0 Å². The van der Waals surface area contributed by atoms with Gasteiger partial charge in [0.2, 0.25) is 0 Å². The largest absolute Gasteiger partial charge is 0.573 e. The van der Waals surface area contributed by atoms with Crippen molar-refractivity contribution in [2.75, 3.05) is 26.2 Å². The van der Waals surface area contributed by atoms with Gasteiger partial charge in [-0.1, -0.05) is 54.6 Å². The minimum atomic E-state index is -4.99. The Balaban J connectivity index is 1.74. The molecule has 7 nitrogen and oxygen atoms in total. The summed E-state index contributed by atoms with van der Waals surface area (Å²) in [6, 6.07) is 18.6. The van der Waals surface area contributed by atoms with Gasteiger partial charge in [0.05, 0.1) is 12.5 Å². The van der Waals surface area contributed by atoms with E-state index < -0.39 is 35.7 Å². The Bertz CT molecular complexity index is 1380. The van der Waals surface area contributed by atoms with Crippen molar-refractivity contribution in [2.45, 2.75) is 44.3 Å². The smallest absolute Gasteiger partial charge is 0.466 e. The van der Waals surface area contributed by atoms with Crippen LogP contribution >= 0.6 is 0 Å². The molecular weight excluding hydrogens is 606 g/mol. The van der Waals surface area contributed by atoms with Crippen LogP contribution in [-0.2, 0) is 21.4 Å². The molecule has 0 unspecified atom stereocenters. The van der Waals surface area contributed by atoms with E-state index in [2.05, 4.69) is 14.8 Å². The van der Waals surface area contributed by atoms with Crippen molar-refractivity contribution in [3.63, 3.8) is 0 Å². The number of esters is 1. The predicted octanol–water partition coefficient (Wildman–Crippen LogP) is 7.00. The van der Waals surface area contributed by atoms with E-state index in [-0.39, 0.29) is 55.7 Å². The Labute approximate surface area is 256 Å². The van der Waals surface area contributed by atoms with Crippen LogP contribution in [0.25, 0.3) is 0 Å². The monoisotopic (exact) mass is 638 g/mol. The average Bonchev–Trinajstić information content (AvgIpc) is 2.98. The van der Waals surface area contributed by atoms with Crippen LogP contribution in [0, 0.1) is 5.92 Å². The highest BCUT2D eigenvalue weighted by molar-refractivity contribution is 5.76. The Morgan fingerprint density at radius 1 is 0.800 bits per heavy atom. The van der Waals surface area contributed by atoms with Crippen molar-refractivity contribution >= 4 is 12.0 Å². The molecule has 0 aromatic heterocycles. The van der Waals surface area contributed by atoms with Gasteiger partial charge in [-0.25, -0.2) is 4.79 Å². The molecule has 0 spiro atoms. The molecule has 0 saturated carbocycles. The summed E-state index contributed by atoms with van der Waals surface area (Å²) in [6.07, 6.45) is -9.15. The second kappa shape index (κ2) is 14.1. The van der Waals surface area contributed by atoms with Gasteiger partial charge in [-0.05, 0) is 67.1 Å². The Kier molecular flexibility index (Phi) is 10.5. The number of alkyl halides is 6. The fourth-order valence-corrected chi connectivity index (χ4v) is 5.48. The maximum absolute atomic E-state index is 13.4. The summed E-state index contributed by atoms with van der Waals surface area (Å²) in [5.74, 6) is -1.75. The Hall–Kier alpha value is -4.42. The number of hydrogen-bond donors (Lipinski definition) is 1. The molecule has 1 saturated heterocycles. The molecule has 0 atom stereocenters. The van der Waals surface area contributed by atoms with Crippen molar-refractivity contribution in [3.05, 3.63) is 95.6 Å². The number of nitrogens with one attached hydrogen (secondary N) is 1. The van der Waals surface area contributed by atoms with E-state index in [1.165, 1.54) is 29.2 Å². The first-order valence-electron chi connectivity index (χ1n) is 14.2. The molecular formula is C32H32F6N2O5. The summed E-state index contributed by atoms with van der Waals surface area (Å²) in [7, 11) is 0. The average molecular weight is 639 g/mol. The number of nitrogens with zero attached hydrogens (tertiary/aromatic N) is 1. The van der Waals surface area contributed by atoms with Gasteiger partial charge in [0, 0.05) is 25.0 Å². The SMILES string of the molecule is CCOC(=O)C1CCN(C(=O)NCC(Cc2ccccc2)(c2cccc(OC(F)(F)F)c2)c2cccc(OC(F)(F)F)c2)CC1. The van der Waals surface area contributed by atoms with Gasteiger partial charge in [0.25, 0.3) is 0 Å². The zero-order valence-electron chi connectivity index (χ0n) is 24.3. The van der Waals surface area contributed by atoms with Gasteiger partial charge >= 0.3 is 24.7 Å². The van der Waals surface area contributed by atoms with Gasteiger partial charge in [0.1, 0.15) is 11.5 Å². The standard InChI is InChI=1S/C32H32F6N2O5/c1-2-43-28(41)23-14-16-40(17-15-23)29(42)39-21-30(20-22-8-4-3-5-9-22,24-10-6-12-26(18-24)44-31(33,34)35)25-11-7-13-27(19-25)45-32(36,37)38/h3-13,18-19,23H,2,14-17,20-21H2,1H3,(H,39,42). The second-order valence-corrected chi connectivity index (χ2v) is 10.6. The van der Waals surface area contributed by atoms with Crippen molar-refractivity contribution < 1.29 is 50.1 Å². The number of ether oxygens (including phenoxy) is 3. The first-order valence-corrected chi connectivity index (χ1v) is 14.2. The van der Waals surface area contributed by atoms with Crippen LogP contribution in [-0.4, -0.2) is 55.9 Å². The number of benzene rings is 3. The molecule has 1 N–H and O–H groups in total. The fraction of sp³-hybridized carbons (Fsp3) is 0.375. The van der Waals surface area contributed by atoms with Crippen LogP contribution in [0.2, 0.25) is 0 Å². The van der Waals surface area contributed by atoms with Gasteiger partial charge in [0.15, 0.2) is 0 Å². The first kappa shape index (κ1) is 33.5. The molecule has 3 aromatic carbocycles. The van der Waals surface area contributed by atoms with Gasteiger partial charge in [-0.15, -0.1) is 26.3 Å². The van der Waals surface area contributed by atoms with Crippen molar-refractivity contribution in [1.82, 2.24) is 10.2 Å². The van der Waals surface area contributed by atoms with Crippen molar-refractivity contribution in [1.29, 1.82) is 0 Å². The van der Waals surface area contributed by atoms with E-state index in [1.54, 1.807) is 37.3 Å². The molecule has 1 aliphatic rings. The zero-order valence-corrected chi connectivity index (χ0v) is 24.3. The number of piperidine rings is 1. The highest BCUT2D eigenvalue weighted by Crippen LogP contribution is 2.40. The maximum Gasteiger partial charge on any atom is 0.573 e. The Morgan fingerprint density at radius 3 is 1.82 bits per heavy atom. The lowest BCUT2D eigenvalue weighted by atomic mass is 9.70. The number of urea groups is 1. The highest BCUT2D eigenvalue weighted by atomic mass is 19.4. The summed E-state index contributed by atoms with van der Waals surface area (Å²) in [4.78, 5) is 27.1. The molecule has 45 heavy (non-hydrogen) atoms. The molecule has 1 heterocycles. The van der Waals surface area contributed by atoms with Gasteiger partial charge < -0.3 is 24.4 Å². The Morgan fingerprint density at radius 2 is 1.33 bits per heavy atom. The molecule has 0 aliphatic carbocycles. The zero-order chi connectivity index (χ0) is 32.7. The number of halogens is 6. The van der Waals surface area contributed by atoms with E-state index in [4.69, 9.17) is 4.74 Å². The number of amides is 2. The summed E-state index contributed by atoms with van der Waals surface area (Å²) in [5, 5.41) is 2.86. The quantitative estimate of drug-likeness (QED) is 0.191. The van der Waals surface area contributed by atoms with Gasteiger partial charge in [-0.3, -0.25) is 4.79 Å². The first-order chi connectivity index (χ1) is 21.3. The minimum Gasteiger partial charge on any atom is -0.466 e. The molecule has 3 aromatic rings. The second-order valence-electron chi connectivity index (χ2n) is 10.6. The van der Waals surface area contributed by atoms with E-state index in [0.717, 1.165) is 24.3 Å². The number of likely N-dealkylation sites (tertiary alicyclic amines) is 1. The molecule has 0 radical (unpaired) electrons. The lowest BCUT2D eigenvalue weighted by Gasteiger charge is -2.38. The summed E-state index contributed by atoms with van der Waals surface area (Å²) in [6.45, 7) is 2.24. The number of carbonyl (C=O) groups excluding carboxylic acids is 2. The topological polar surface area (TPSA) is 77.1 Å². The predicted molar refractivity (Wildman–Crippen MR) is 152 cm³/mol. The number of carbonyl (C=O) groups is 2. The third kappa shape index (κ3) is 9.29. The normalized spacial score (nSPS) is 14.5. The van der Waals surface area contributed by atoms with Crippen molar-refractivity contribution in [3.8, 4) is 11.5 Å². The van der Waals surface area contributed by atoms with Crippen LogP contribution in [0.4, 0.5) is 31.1 Å². The summed E-state index contributed by atoms with van der Waals surface area (Å²) in [5.41, 5.74) is -0.195. The van der Waals surface area contributed by atoms with Crippen LogP contribution in [0.5, 0.6) is 11.5 Å². The molecule has 1 fully saturated rings. The molecule has 242 valence electrons. The third-order valence-electron chi connectivity index (χ3n) is 7.53. The third-order valence-corrected chi connectivity index (χ3v) is 7.53. The van der Waals surface area contributed by atoms with E-state index >= 15 is 0 Å². The molecule has 2 amide bonds. The van der Waals surface area contributed by atoms with Crippen molar-refractivity contribution in [2.24, 2.45) is 5.92 Å². The van der Waals surface area contributed by atoms with Gasteiger partial charge in [-0.2, -0.15) is 0 Å². The minimum absolute atomic E-state index is 0.0734.